The van der Waals surface area contributed by atoms with Crippen LogP contribution in [0.5, 0.6) is 0 Å². The van der Waals surface area contributed by atoms with Crippen molar-refractivity contribution in [1.82, 2.24) is 0 Å². The molecule has 0 heteroatoms. The van der Waals surface area contributed by atoms with Crippen LogP contribution < -0.4 is 0 Å². The highest BCUT2D eigenvalue weighted by molar-refractivity contribution is 5.10. The third-order valence-corrected chi connectivity index (χ3v) is 2.19. The largest absolute Gasteiger partial charge is 0.0772 e. The summed E-state index contributed by atoms with van der Waals surface area (Å²) in [5.41, 5.74) is 3.23. The van der Waals surface area contributed by atoms with Crippen LogP contribution >= 0.6 is 0 Å². The van der Waals surface area contributed by atoms with Crippen molar-refractivity contribution in [1.29, 1.82) is 0 Å². The summed E-state index contributed by atoms with van der Waals surface area (Å²) in [5, 5.41) is 0. The first-order valence-electron chi connectivity index (χ1n) is 5.23. The lowest BCUT2D eigenvalue weighted by atomic mass is 9.95. The Kier molecular flexibility index (Phi) is 6.14. The first-order valence-corrected chi connectivity index (χ1v) is 5.23. The van der Waals surface area contributed by atoms with E-state index in [0.29, 0.717) is 0 Å². The SMILES string of the molecule is CCCCC(CC(C)C)=C(C)C. The van der Waals surface area contributed by atoms with Gasteiger partial charge in [0.1, 0.15) is 0 Å². The van der Waals surface area contributed by atoms with Gasteiger partial charge in [-0.2, -0.15) is 0 Å². The molecule has 0 spiro atoms. The molecule has 0 aromatic carbocycles. The van der Waals surface area contributed by atoms with Crippen LogP contribution in [0.3, 0.4) is 0 Å². The zero-order chi connectivity index (χ0) is 9.56. The predicted octanol–water partition coefficient (Wildman–Crippen LogP) is 4.56. The Morgan fingerprint density at radius 3 is 2.08 bits per heavy atom. The Morgan fingerprint density at radius 1 is 1.17 bits per heavy atom. The average molecular weight is 168 g/mol. The molecule has 72 valence electrons. The molecule has 0 rings (SSSR count). The van der Waals surface area contributed by atoms with Crippen LogP contribution in [-0.4, -0.2) is 0 Å². The summed E-state index contributed by atoms with van der Waals surface area (Å²) in [6.07, 6.45) is 5.28. The quantitative estimate of drug-likeness (QED) is 0.528. The second-order valence-corrected chi connectivity index (χ2v) is 4.31. The summed E-state index contributed by atoms with van der Waals surface area (Å²) in [5.74, 6) is 0.812. The highest BCUT2D eigenvalue weighted by atomic mass is 14.1. The second-order valence-electron chi connectivity index (χ2n) is 4.31. The van der Waals surface area contributed by atoms with Gasteiger partial charge in [-0.1, -0.05) is 38.3 Å². The van der Waals surface area contributed by atoms with Crippen molar-refractivity contribution in [3.05, 3.63) is 11.1 Å². The molecule has 12 heavy (non-hydrogen) atoms. The Bertz CT molecular complexity index is 136. The highest BCUT2D eigenvalue weighted by Gasteiger charge is 2.02. The molecule has 0 aromatic rings. The molecule has 0 radical (unpaired) electrons. The van der Waals surface area contributed by atoms with E-state index in [1.807, 2.05) is 0 Å². The Morgan fingerprint density at radius 2 is 1.75 bits per heavy atom. The normalized spacial score (nSPS) is 10.5. The fourth-order valence-electron chi connectivity index (χ4n) is 1.44. The van der Waals surface area contributed by atoms with E-state index in [4.69, 9.17) is 0 Å². The average Bonchev–Trinajstić information content (AvgIpc) is 1.96. The number of unbranched alkanes of at least 4 members (excludes halogenated alkanes) is 1. The summed E-state index contributed by atoms with van der Waals surface area (Å²) in [6, 6.07) is 0. The molecule has 0 aliphatic rings. The minimum Gasteiger partial charge on any atom is -0.0772 e. The van der Waals surface area contributed by atoms with E-state index in [9.17, 15) is 0 Å². The Labute approximate surface area is 78.1 Å². The van der Waals surface area contributed by atoms with Gasteiger partial charge in [-0.15, -0.1) is 0 Å². The van der Waals surface area contributed by atoms with E-state index < -0.39 is 0 Å². The fraction of sp³-hybridized carbons (Fsp3) is 0.833. The van der Waals surface area contributed by atoms with E-state index in [-0.39, 0.29) is 0 Å². The minimum atomic E-state index is 0.812. The monoisotopic (exact) mass is 168 g/mol. The van der Waals surface area contributed by atoms with Crippen molar-refractivity contribution in [2.24, 2.45) is 5.92 Å². The molecule has 0 heterocycles. The molecule has 0 aliphatic carbocycles. The number of hydrogen-bond acceptors (Lipinski definition) is 0. The molecule has 0 atom stereocenters. The molecule has 0 fully saturated rings. The van der Waals surface area contributed by atoms with Gasteiger partial charge in [0.15, 0.2) is 0 Å². The molecule has 0 saturated carbocycles. The molecule has 0 amide bonds. The molecule has 0 unspecified atom stereocenters. The van der Waals surface area contributed by atoms with E-state index in [1.165, 1.54) is 31.3 Å². The van der Waals surface area contributed by atoms with Gasteiger partial charge in [-0.05, 0) is 39.0 Å². The van der Waals surface area contributed by atoms with Crippen molar-refractivity contribution < 1.29 is 0 Å². The van der Waals surface area contributed by atoms with E-state index in [2.05, 4.69) is 34.6 Å². The zero-order valence-electron chi connectivity index (χ0n) is 9.41. The van der Waals surface area contributed by atoms with Gasteiger partial charge >= 0.3 is 0 Å². The Balaban J connectivity index is 3.98. The molecular formula is C12H24. The first-order chi connectivity index (χ1) is 5.57. The summed E-state index contributed by atoms with van der Waals surface area (Å²) in [4.78, 5) is 0. The molecule has 0 aliphatic heterocycles. The smallest absolute Gasteiger partial charge is 0.0295 e. The van der Waals surface area contributed by atoms with Crippen LogP contribution in [0.2, 0.25) is 0 Å². The predicted molar refractivity (Wildman–Crippen MR) is 57.4 cm³/mol. The van der Waals surface area contributed by atoms with Crippen LogP contribution in [0, 0.1) is 5.92 Å². The number of hydrogen-bond donors (Lipinski definition) is 0. The van der Waals surface area contributed by atoms with Crippen LogP contribution in [0.4, 0.5) is 0 Å². The van der Waals surface area contributed by atoms with Gasteiger partial charge in [0.05, 0.1) is 0 Å². The molecule has 0 N–H and O–H groups in total. The van der Waals surface area contributed by atoms with Crippen molar-refractivity contribution in [2.45, 2.75) is 60.3 Å². The van der Waals surface area contributed by atoms with Crippen molar-refractivity contribution in [2.75, 3.05) is 0 Å². The molecule has 0 nitrogen and oxygen atoms in total. The van der Waals surface area contributed by atoms with E-state index in [1.54, 1.807) is 5.57 Å². The Hall–Kier alpha value is -0.260. The molecule has 0 saturated heterocycles. The number of rotatable bonds is 5. The van der Waals surface area contributed by atoms with Gasteiger partial charge in [-0.25, -0.2) is 0 Å². The lowest BCUT2D eigenvalue weighted by Crippen LogP contribution is -1.94. The standard InChI is InChI=1S/C12H24/c1-6-7-8-12(11(4)5)9-10(2)3/h10H,6-9H2,1-5H3. The molecule has 0 aromatic heterocycles. The summed E-state index contributed by atoms with van der Waals surface area (Å²) >= 11 is 0. The molecular weight excluding hydrogens is 144 g/mol. The second kappa shape index (κ2) is 6.28. The molecule has 0 bridgehead atoms. The van der Waals surface area contributed by atoms with Gasteiger partial charge in [0.25, 0.3) is 0 Å². The van der Waals surface area contributed by atoms with Gasteiger partial charge in [-0.3, -0.25) is 0 Å². The maximum atomic E-state index is 2.30. The highest BCUT2D eigenvalue weighted by Crippen LogP contribution is 2.20. The van der Waals surface area contributed by atoms with E-state index >= 15 is 0 Å². The topological polar surface area (TPSA) is 0 Å². The maximum Gasteiger partial charge on any atom is -0.0295 e. The summed E-state index contributed by atoms with van der Waals surface area (Å²) < 4.78 is 0. The van der Waals surface area contributed by atoms with Crippen LogP contribution in [0.15, 0.2) is 11.1 Å². The van der Waals surface area contributed by atoms with Crippen LogP contribution in [-0.2, 0) is 0 Å². The maximum absolute atomic E-state index is 2.30. The van der Waals surface area contributed by atoms with Crippen molar-refractivity contribution in [3.8, 4) is 0 Å². The van der Waals surface area contributed by atoms with Crippen molar-refractivity contribution in [3.63, 3.8) is 0 Å². The van der Waals surface area contributed by atoms with Crippen LogP contribution in [0.1, 0.15) is 60.3 Å². The van der Waals surface area contributed by atoms with E-state index in [0.717, 1.165) is 5.92 Å². The summed E-state index contributed by atoms with van der Waals surface area (Å²) in [6.45, 7) is 11.3. The third-order valence-electron chi connectivity index (χ3n) is 2.19. The lowest BCUT2D eigenvalue weighted by molar-refractivity contribution is 0.608. The van der Waals surface area contributed by atoms with Gasteiger partial charge < -0.3 is 0 Å². The summed E-state index contributed by atoms with van der Waals surface area (Å²) in [7, 11) is 0. The zero-order valence-corrected chi connectivity index (χ0v) is 9.41. The van der Waals surface area contributed by atoms with Crippen LogP contribution in [0.25, 0.3) is 0 Å². The minimum absolute atomic E-state index is 0.812. The third kappa shape index (κ3) is 5.40. The van der Waals surface area contributed by atoms with Gasteiger partial charge in [0.2, 0.25) is 0 Å². The van der Waals surface area contributed by atoms with Crippen molar-refractivity contribution >= 4 is 0 Å². The first kappa shape index (κ1) is 11.7. The number of allylic oxidation sites excluding steroid dienone is 2. The fourth-order valence-corrected chi connectivity index (χ4v) is 1.44. The lowest BCUT2D eigenvalue weighted by Gasteiger charge is -2.11. The van der Waals surface area contributed by atoms with Gasteiger partial charge in [0, 0.05) is 0 Å².